The number of nitrogens with one attached hydrogen (secondary N) is 1. The lowest BCUT2D eigenvalue weighted by Crippen LogP contribution is -2.14. The summed E-state index contributed by atoms with van der Waals surface area (Å²) < 4.78 is 2.02. The lowest BCUT2D eigenvalue weighted by atomic mass is 10.1. The lowest BCUT2D eigenvalue weighted by Gasteiger charge is -2.08. The fraction of sp³-hybridized carbons (Fsp3) is 0.391. The fourth-order valence-corrected chi connectivity index (χ4v) is 5.90. The molecule has 1 aliphatic carbocycles. The van der Waals surface area contributed by atoms with Crippen LogP contribution >= 0.6 is 23.1 Å². The van der Waals surface area contributed by atoms with Crippen LogP contribution in [0.3, 0.4) is 0 Å². The molecule has 2 aromatic heterocycles. The van der Waals surface area contributed by atoms with E-state index >= 15 is 0 Å². The van der Waals surface area contributed by atoms with E-state index in [1.165, 1.54) is 28.6 Å². The van der Waals surface area contributed by atoms with E-state index in [1.807, 2.05) is 23.6 Å². The molecule has 0 aliphatic heterocycles. The molecule has 0 fully saturated rings. The number of carbonyl (C=O) groups is 1. The zero-order chi connectivity index (χ0) is 21.8. The third-order valence-corrected chi connectivity index (χ3v) is 7.64. The summed E-state index contributed by atoms with van der Waals surface area (Å²) in [5, 5.41) is 22.7. The highest BCUT2D eigenvalue weighted by Crippen LogP contribution is 2.37. The van der Waals surface area contributed by atoms with E-state index < -0.39 is 0 Å². The van der Waals surface area contributed by atoms with Crippen molar-refractivity contribution in [1.29, 1.82) is 5.26 Å². The maximum atomic E-state index is 12.7. The van der Waals surface area contributed by atoms with Gasteiger partial charge < -0.3 is 9.88 Å². The maximum absolute atomic E-state index is 12.7. The summed E-state index contributed by atoms with van der Waals surface area (Å²) in [4.78, 5) is 13.9. The quantitative estimate of drug-likeness (QED) is 0.411. The van der Waals surface area contributed by atoms with Gasteiger partial charge in [0.15, 0.2) is 11.0 Å². The number of thiophene rings is 1. The summed E-state index contributed by atoms with van der Waals surface area (Å²) in [5.41, 5.74) is 4.00. The number of fused-ring (bicyclic) bond motifs is 1. The molecule has 31 heavy (non-hydrogen) atoms. The van der Waals surface area contributed by atoms with Crippen LogP contribution < -0.4 is 5.32 Å². The van der Waals surface area contributed by atoms with E-state index in [4.69, 9.17) is 0 Å². The van der Waals surface area contributed by atoms with Gasteiger partial charge >= 0.3 is 0 Å². The van der Waals surface area contributed by atoms with Gasteiger partial charge in [0.25, 0.3) is 0 Å². The Bertz CT molecular complexity index is 1120. The van der Waals surface area contributed by atoms with Crippen LogP contribution in [-0.2, 0) is 24.2 Å². The van der Waals surface area contributed by atoms with Crippen molar-refractivity contribution in [2.45, 2.75) is 57.7 Å². The van der Waals surface area contributed by atoms with Crippen LogP contribution in [0.25, 0.3) is 11.4 Å². The Kier molecular flexibility index (Phi) is 6.73. The standard InChI is InChI=1S/C23H25N5OS2/c1-3-28-21(16-11-9-15(2)10-12-16)26-27-23(28)30-14-20(29)25-22-18(13-24)17-7-5-4-6-8-19(17)31-22/h9-12H,3-8,14H2,1-2H3,(H,25,29). The number of aryl methyl sites for hydroxylation is 2. The zero-order valence-corrected chi connectivity index (χ0v) is 19.4. The molecule has 0 radical (unpaired) electrons. The van der Waals surface area contributed by atoms with Crippen LogP contribution in [0.4, 0.5) is 5.00 Å². The Morgan fingerprint density at radius 3 is 2.74 bits per heavy atom. The summed E-state index contributed by atoms with van der Waals surface area (Å²) in [6.07, 6.45) is 5.39. The molecule has 0 spiro atoms. The molecule has 1 amide bonds. The Labute approximate surface area is 190 Å². The first-order valence-electron chi connectivity index (χ1n) is 10.6. The summed E-state index contributed by atoms with van der Waals surface area (Å²) in [6.45, 7) is 4.82. The van der Waals surface area contributed by atoms with Gasteiger partial charge in [-0.15, -0.1) is 21.5 Å². The number of anilines is 1. The number of benzene rings is 1. The molecule has 4 rings (SSSR count). The number of hydrogen-bond acceptors (Lipinski definition) is 6. The molecule has 1 aliphatic rings. The third-order valence-electron chi connectivity index (χ3n) is 5.46. The predicted molar refractivity (Wildman–Crippen MR) is 126 cm³/mol. The summed E-state index contributed by atoms with van der Waals surface area (Å²) in [6, 6.07) is 10.5. The number of aromatic nitrogens is 3. The van der Waals surface area contributed by atoms with Crippen LogP contribution in [0.1, 0.15) is 47.8 Å². The van der Waals surface area contributed by atoms with E-state index in [9.17, 15) is 10.1 Å². The second kappa shape index (κ2) is 9.67. The molecule has 1 aromatic carbocycles. The number of rotatable bonds is 6. The summed E-state index contributed by atoms with van der Waals surface area (Å²) in [5.74, 6) is 0.902. The minimum atomic E-state index is -0.125. The number of carbonyl (C=O) groups excluding carboxylic acids is 1. The van der Waals surface area contributed by atoms with Crippen molar-refractivity contribution < 1.29 is 4.79 Å². The van der Waals surface area contributed by atoms with Gasteiger partial charge in [-0.2, -0.15) is 5.26 Å². The molecule has 0 unspecified atom stereocenters. The van der Waals surface area contributed by atoms with Crippen molar-refractivity contribution in [3.8, 4) is 17.5 Å². The normalized spacial score (nSPS) is 13.3. The van der Waals surface area contributed by atoms with Crippen LogP contribution in [0, 0.1) is 18.3 Å². The third kappa shape index (κ3) is 4.68. The molecule has 160 valence electrons. The molecule has 3 aromatic rings. The Morgan fingerprint density at radius 1 is 1.23 bits per heavy atom. The van der Waals surface area contributed by atoms with Crippen LogP contribution in [0.15, 0.2) is 29.4 Å². The van der Waals surface area contributed by atoms with Crippen molar-refractivity contribution in [3.05, 3.63) is 45.8 Å². The van der Waals surface area contributed by atoms with E-state index in [1.54, 1.807) is 11.3 Å². The van der Waals surface area contributed by atoms with Crippen molar-refractivity contribution in [1.82, 2.24) is 14.8 Å². The first kappa shape index (κ1) is 21.6. The molecule has 8 heteroatoms. The van der Waals surface area contributed by atoms with Gasteiger partial charge in [0.05, 0.1) is 11.3 Å². The Balaban J connectivity index is 1.45. The van der Waals surface area contributed by atoms with Crippen LogP contribution in [0.2, 0.25) is 0 Å². The SMILES string of the molecule is CCn1c(SCC(=O)Nc2sc3c(c2C#N)CCCCC3)nnc1-c1ccc(C)cc1. The molecule has 0 atom stereocenters. The number of nitriles is 1. The highest BCUT2D eigenvalue weighted by molar-refractivity contribution is 7.99. The first-order valence-corrected chi connectivity index (χ1v) is 12.4. The molecule has 6 nitrogen and oxygen atoms in total. The van der Waals surface area contributed by atoms with Gasteiger partial charge in [0.1, 0.15) is 11.1 Å². The second-order valence-corrected chi connectivity index (χ2v) is 9.68. The highest BCUT2D eigenvalue weighted by Gasteiger charge is 2.21. The average molecular weight is 452 g/mol. The summed E-state index contributed by atoms with van der Waals surface area (Å²) in [7, 11) is 0. The number of thioether (sulfide) groups is 1. The van der Waals surface area contributed by atoms with Gasteiger partial charge in [0, 0.05) is 17.0 Å². The first-order chi connectivity index (χ1) is 15.1. The molecule has 1 N–H and O–H groups in total. The van der Waals surface area contributed by atoms with Crippen LogP contribution in [-0.4, -0.2) is 26.4 Å². The number of hydrogen-bond donors (Lipinski definition) is 1. The van der Waals surface area contributed by atoms with Gasteiger partial charge in [-0.3, -0.25) is 4.79 Å². The van der Waals surface area contributed by atoms with Crippen LogP contribution in [0.5, 0.6) is 0 Å². The maximum Gasteiger partial charge on any atom is 0.235 e. The summed E-state index contributed by atoms with van der Waals surface area (Å²) >= 11 is 2.93. The van der Waals surface area contributed by atoms with E-state index in [0.29, 0.717) is 10.6 Å². The molecule has 0 bridgehead atoms. The molecule has 0 saturated heterocycles. The fourth-order valence-electron chi connectivity index (χ4n) is 3.84. The Morgan fingerprint density at radius 2 is 2.00 bits per heavy atom. The molecule has 2 heterocycles. The molecular formula is C23H25N5OS2. The van der Waals surface area contributed by atoms with Crippen molar-refractivity contribution in [3.63, 3.8) is 0 Å². The minimum Gasteiger partial charge on any atom is -0.316 e. The van der Waals surface area contributed by atoms with Gasteiger partial charge in [0.2, 0.25) is 5.91 Å². The van der Waals surface area contributed by atoms with Crippen molar-refractivity contribution in [2.24, 2.45) is 0 Å². The number of amides is 1. The van der Waals surface area contributed by atoms with Crippen molar-refractivity contribution in [2.75, 3.05) is 11.1 Å². The topological polar surface area (TPSA) is 83.6 Å². The monoisotopic (exact) mass is 451 g/mol. The molecule has 0 saturated carbocycles. The minimum absolute atomic E-state index is 0.125. The number of nitrogens with zero attached hydrogens (tertiary/aromatic N) is 4. The van der Waals surface area contributed by atoms with Crippen molar-refractivity contribution >= 4 is 34.0 Å². The zero-order valence-electron chi connectivity index (χ0n) is 17.8. The largest absolute Gasteiger partial charge is 0.316 e. The van der Waals surface area contributed by atoms with Gasteiger partial charge in [-0.25, -0.2) is 0 Å². The second-order valence-electron chi connectivity index (χ2n) is 7.63. The average Bonchev–Trinajstić information content (AvgIpc) is 3.24. The lowest BCUT2D eigenvalue weighted by molar-refractivity contribution is -0.113. The van der Waals surface area contributed by atoms with E-state index in [-0.39, 0.29) is 11.7 Å². The predicted octanol–water partition coefficient (Wildman–Crippen LogP) is 5.21. The van der Waals surface area contributed by atoms with Gasteiger partial charge in [-0.1, -0.05) is 48.0 Å². The Hall–Kier alpha value is -2.63. The molecular weight excluding hydrogens is 426 g/mol. The van der Waals surface area contributed by atoms with E-state index in [0.717, 1.165) is 54.3 Å². The highest BCUT2D eigenvalue weighted by atomic mass is 32.2. The van der Waals surface area contributed by atoms with Gasteiger partial charge in [-0.05, 0) is 45.1 Å². The smallest absolute Gasteiger partial charge is 0.235 e. The van der Waals surface area contributed by atoms with E-state index in [2.05, 4.69) is 40.6 Å².